The molecule has 0 aliphatic rings. The highest BCUT2D eigenvalue weighted by molar-refractivity contribution is 5.85. The highest BCUT2D eigenvalue weighted by Gasteiger charge is 1.82. The molecule has 0 saturated carbocycles. The fourth-order valence-electron chi connectivity index (χ4n) is 0.188. The van der Waals surface area contributed by atoms with Gasteiger partial charge in [-0.2, -0.15) is 14.7 Å². The Morgan fingerprint density at radius 1 is 1.71 bits per heavy atom. The van der Waals surface area contributed by atoms with E-state index < -0.39 is 5.95 Å². The van der Waals surface area contributed by atoms with Crippen LogP contribution in [0.1, 0.15) is 0 Å². The second-order valence-corrected chi connectivity index (χ2v) is 0.793. The number of aromatic nitrogens is 3. The van der Waals surface area contributed by atoms with Gasteiger partial charge in [0.25, 0.3) is 5.95 Å². The van der Waals surface area contributed by atoms with Gasteiger partial charge in [0.1, 0.15) is 6.20 Å². The van der Waals surface area contributed by atoms with E-state index in [0.29, 0.717) is 0 Å². The molecule has 3 nitrogen and oxygen atoms in total. The minimum Gasteiger partial charge on any atom is -0.195 e. The van der Waals surface area contributed by atoms with Crippen LogP contribution in [-0.2, 0) is 0 Å². The highest BCUT2D eigenvalue weighted by Crippen LogP contribution is 1.77. The van der Waals surface area contributed by atoms with Gasteiger partial charge in [-0.15, -0.1) is 17.5 Å². The van der Waals surface area contributed by atoms with Crippen LogP contribution in [0, 0.1) is 5.95 Å². The van der Waals surface area contributed by atoms with Crippen molar-refractivity contribution in [2.45, 2.75) is 0 Å². The number of nitrogens with zero attached hydrogens (tertiary/aromatic N) is 2. The van der Waals surface area contributed by atoms with E-state index in [1.165, 1.54) is 0 Å². The Kier molecular flexibility index (Phi) is 2.29. The molecule has 0 amide bonds. The minimum atomic E-state index is -0.574. The lowest BCUT2D eigenvalue weighted by Crippen LogP contribution is -1.67. The zero-order chi connectivity index (χ0) is 4.41. The molecule has 0 saturated heterocycles. The smallest absolute Gasteiger partial charge is 0.195 e. The predicted molar refractivity (Wildman–Crippen MR) is 23.6 cm³/mol. The largest absolute Gasteiger partial charge is 0.252 e. The predicted octanol–water partition coefficient (Wildman–Crippen LogP) is 0.366. The number of hydrogen-bond donors (Lipinski definition) is 1. The first-order chi connectivity index (χ1) is 2.89. The molecule has 0 atom stereocenters. The van der Waals surface area contributed by atoms with E-state index >= 15 is 0 Å². The summed E-state index contributed by atoms with van der Waals surface area (Å²) in [5.74, 6) is -0.574. The van der Waals surface area contributed by atoms with E-state index in [1.807, 2.05) is 0 Å². The van der Waals surface area contributed by atoms with Crippen LogP contribution in [0.15, 0.2) is 6.20 Å². The molecule has 40 valence electrons. The van der Waals surface area contributed by atoms with Gasteiger partial charge in [-0.3, -0.25) is 0 Å². The van der Waals surface area contributed by atoms with E-state index in [2.05, 4.69) is 15.4 Å². The number of aromatic amines is 1. The van der Waals surface area contributed by atoms with Crippen LogP contribution in [0.4, 0.5) is 4.39 Å². The summed E-state index contributed by atoms with van der Waals surface area (Å²) in [6.45, 7) is 0. The van der Waals surface area contributed by atoms with Crippen molar-refractivity contribution in [3.8, 4) is 0 Å². The molecule has 1 aromatic rings. The molecule has 1 N–H and O–H groups in total. The highest BCUT2D eigenvalue weighted by atomic mass is 35.5. The summed E-state index contributed by atoms with van der Waals surface area (Å²) in [7, 11) is 0. The normalized spacial score (nSPS) is 7.57. The fraction of sp³-hybridized carbons (Fsp3) is 0. The first-order valence-corrected chi connectivity index (χ1v) is 1.41. The molecule has 0 spiro atoms. The summed E-state index contributed by atoms with van der Waals surface area (Å²) in [6, 6.07) is 0. The first-order valence-electron chi connectivity index (χ1n) is 1.41. The maximum Gasteiger partial charge on any atom is 0.252 e. The van der Waals surface area contributed by atoms with E-state index in [9.17, 15) is 4.39 Å². The number of rotatable bonds is 0. The summed E-state index contributed by atoms with van der Waals surface area (Å²) in [4.78, 5) is 0. The average Bonchev–Trinajstić information content (AvgIpc) is 1.86. The van der Waals surface area contributed by atoms with Crippen molar-refractivity contribution in [2.24, 2.45) is 0 Å². The number of halogens is 2. The Morgan fingerprint density at radius 2 is 2.43 bits per heavy atom. The number of nitrogens with one attached hydrogen (secondary N) is 1. The zero-order valence-corrected chi connectivity index (χ0v) is 4.07. The van der Waals surface area contributed by atoms with Gasteiger partial charge in [0.15, 0.2) is 0 Å². The van der Waals surface area contributed by atoms with Crippen molar-refractivity contribution < 1.29 is 4.39 Å². The maximum absolute atomic E-state index is 11.5. The van der Waals surface area contributed by atoms with Gasteiger partial charge in [-0.25, -0.2) is 0 Å². The summed E-state index contributed by atoms with van der Waals surface area (Å²) in [5.41, 5.74) is 0. The second-order valence-electron chi connectivity index (χ2n) is 0.793. The Hall–Kier alpha value is -0.640. The zero-order valence-electron chi connectivity index (χ0n) is 3.26. The number of hydrogen-bond acceptors (Lipinski definition) is 2. The SMILES string of the molecule is Cl.Fc1cn[nH]n1. The van der Waals surface area contributed by atoms with Gasteiger partial charge in [0.05, 0.1) is 0 Å². The molecule has 0 fully saturated rings. The van der Waals surface area contributed by atoms with Gasteiger partial charge < -0.3 is 0 Å². The quantitative estimate of drug-likeness (QED) is 0.542. The summed E-state index contributed by atoms with van der Waals surface area (Å²) in [6.07, 6.45) is 1.00. The third-order valence-corrected chi connectivity index (χ3v) is 0.386. The second kappa shape index (κ2) is 2.52. The van der Waals surface area contributed by atoms with Crippen LogP contribution in [-0.4, -0.2) is 15.4 Å². The Morgan fingerprint density at radius 3 is 2.57 bits per heavy atom. The van der Waals surface area contributed by atoms with Crippen molar-refractivity contribution >= 4 is 12.4 Å². The third-order valence-electron chi connectivity index (χ3n) is 0.386. The molecular weight excluding hydrogens is 120 g/mol. The lowest BCUT2D eigenvalue weighted by atomic mass is 10.9. The van der Waals surface area contributed by atoms with Crippen molar-refractivity contribution in [3.63, 3.8) is 0 Å². The summed E-state index contributed by atoms with van der Waals surface area (Å²) in [5, 5.41) is 8.28. The van der Waals surface area contributed by atoms with E-state index in [4.69, 9.17) is 0 Å². The Labute approximate surface area is 45.3 Å². The van der Waals surface area contributed by atoms with Crippen molar-refractivity contribution in [1.82, 2.24) is 15.4 Å². The molecule has 0 bridgehead atoms. The van der Waals surface area contributed by atoms with Crippen LogP contribution in [0.5, 0.6) is 0 Å². The summed E-state index contributed by atoms with van der Waals surface area (Å²) >= 11 is 0. The number of H-pyrrole nitrogens is 1. The van der Waals surface area contributed by atoms with Crippen LogP contribution < -0.4 is 0 Å². The first kappa shape index (κ1) is 6.36. The molecule has 1 rings (SSSR count). The van der Waals surface area contributed by atoms with E-state index in [0.717, 1.165) is 6.20 Å². The average molecular weight is 124 g/mol. The molecule has 1 aromatic heterocycles. The van der Waals surface area contributed by atoms with Gasteiger partial charge in [0.2, 0.25) is 0 Å². The van der Waals surface area contributed by atoms with Crippen molar-refractivity contribution in [3.05, 3.63) is 12.1 Å². The Balaban J connectivity index is 0.000000360. The van der Waals surface area contributed by atoms with E-state index in [-0.39, 0.29) is 12.4 Å². The lowest BCUT2D eigenvalue weighted by molar-refractivity contribution is 0.579. The molecule has 0 radical (unpaired) electrons. The van der Waals surface area contributed by atoms with Crippen molar-refractivity contribution in [2.75, 3.05) is 0 Å². The molecule has 0 unspecified atom stereocenters. The molecule has 1 heterocycles. The van der Waals surface area contributed by atoms with E-state index in [1.54, 1.807) is 0 Å². The lowest BCUT2D eigenvalue weighted by Gasteiger charge is -1.57. The van der Waals surface area contributed by atoms with Gasteiger partial charge >= 0.3 is 0 Å². The molecule has 0 aromatic carbocycles. The molecule has 0 aliphatic heterocycles. The molecule has 7 heavy (non-hydrogen) atoms. The maximum atomic E-state index is 11.5. The monoisotopic (exact) mass is 123 g/mol. The standard InChI is InChI=1S/C2H2FN3.ClH/c3-2-1-4-6-5-2;/h1H,(H,4,5,6);1H. The van der Waals surface area contributed by atoms with Crippen LogP contribution in [0.2, 0.25) is 0 Å². The van der Waals surface area contributed by atoms with Gasteiger partial charge in [0, 0.05) is 0 Å². The van der Waals surface area contributed by atoms with Gasteiger partial charge in [-0.05, 0) is 0 Å². The molecular formula is C2H3ClFN3. The van der Waals surface area contributed by atoms with Gasteiger partial charge in [-0.1, -0.05) is 0 Å². The van der Waals surface area contributed by atoms with Crippen molar-refractivity contribution in [1.29, 1.82) is 0 Å². The summed E-state index contributed by atoms with van der Waals surface area (Å²) < 4.78 is 11.5. The molecule has 0 aliphatic carbocycles. The molecule has 5 heteroatoms. The topological polar surface area (TPSA) is 41.6 Å². The van der Waals surface area contributed by atoms with Crippen LogP contribution in [0.25, 0.3) is 0 Å². The van der Waals surface area contributed by atoms with Crippen LogP contribution >= 0.6 is 12.4 Å². The fourth-order valence-corrected chi connectivity index (χ4v) is 0.188. The third kappa shape index (κ3) is 1.50. The minimum absolute atomic E-state index is 0. The Bertz CT molecular complexity index is 116. The van der Waals surface area contributed by atoms with Crippen LogP contribution in [0.3, 0.4) is 0 Å².